The highest BCUT2D eigenvalue weighted by Gasteiger charge is 2.27. The maximum absolute atomic E-state index is 12.5. The molecule has 0 saturated carbocycles. The zero-order valence-electron chi connectivity index (χ0n) is 12.9. The molecule has 3 rings (SSSR count). The Kier molecular flexibility index (Phi) is 5.63. The smallest absolute Gasteiger partial charge is 0.338 e. The number of carbonyl (C=O) groups is 1. The number of hydrogen-bond acceptors (Lipinski definition) is 3. The first-order valence-electron chi connectivity index (χ1n) is 7.38. The van der Waals surface area contributed by atoms with Gasteiger partial charge in [0.1, 0.15) is 5.50 Å². The van der Waals surface area contributed by atoms with Gasteiger partial charge in [-0.2, -0.15) is 0 Å². The van der Waals surface area contributed by atoms with Crippen LogP contribution in [0.5, 0.6) is 0 Å². The lowest BCUT2D eigenvalue weighted by Crippen LogP contribution is -2.19. The molecule has 7 heteroatoms. The van der Waals surface area contributed by atoms with E-state index >= 15 is 0 Å². The second-order valence-corrected chi connectivity index (χ2v) is 6.59. The molecule has 0 saturated heterocycles. The van der Waals surface area contributed by atoms with E-state index in [0.717, 1.165) is 5.56 Å². The van der Waals surface area contributed by atoms with Crippen molar-refractivity contribution < 1.29 is 9.53 Å². The minimum Gasteiger partial charge on any atom is -0.450 e. The second kappa shape index (κ2) is 7.91. The number of rotatable bonds is 5. The predicted octanol–water partition coefficient (Wildman–Crippen LogP) is 5.53. The topological polar surface area (TPSA) is 44.1 Å². The lowest BCUT2D eigenvalue weighted by atomic mass is 10.1. The Morgan fingerprint density at radius 3 is 2.16 bits per heavy atom. The third kappa shape index (κ3) is 4.34. The van der Waals surface area contributed by atoms with Gasteiger partial charge in [-0.15, -0.1) is 0 Å². The molecule has 0 aliphatic rings. The van der Waals surface area contributed by atoms with Crippen LogP contribution < -0.4 is 0 Å². The van der Waals surface area contributed by atoms with E-state index in [-0.39, 0.29) is 0 Å². The highest BCUT2D eigenvalue weighted by Crippen LogP contribution is 2.34. The third-order valence-electron chi connectivity index (χ3n) is 3.57. The summed E-state index contributed by atoms with van der Waals surface area (Å²) in [5, 5.41) is 1.12. The number of esters is 1. The van der Waals surface area contributed by atoms with Crippen molar-refractivity contribution in [2.45, 2.75) is 11.6 Å². The summed E-state index contributed by atoms with van der Waals surface area (Å²) in [5.74, 6) is -0.498. The monoisotopic (exact) mass is 394 g/mol. The first-order valence-corrected chi connectivity index (χ1v) is 8.57. The highest BCUT2D eigenvalue weighted by molar-refractivity contribution is 6.30. The fraction of sp³-hybridized carbons (Fsp3) is 0.111. The van der Waals surface area contributed by atoms with E-state index in [1.54, 1.807) is 71.8 Å². The number of ether oxygens (including phenoxy) is 1. The van der Waals surface area contributed by atoms with E-state index in [4.69, 9.17) is 39.5 Å². The fourth-order valence-corrected chi connectivity index (χ4v) is 2.84. The van der Waals surface area contributed by atoms with Crippen LogP contribution in [-0.4, -0.2) is 15.5 Å². The van der Waals surface area contributed by atoms with Gasteiger partial charge in [-0.1, -0.05) is 46.9 Å². The number of aromatic nitrogens is 2. The Bertz CT molecular complexity index is 834. The van der Waals surface area contributed by atoms with E-state index in [0.29, 0.717) is 15.6 Å². The average molecular weight is 396 g/mol. The molecule has 0 radical (unpaired) electrons. The highest BCUT2D eigenvalue weighted by atomic mass is 35.5. The van der Waals surface area contributed by atoms with Crippen LogP contribution in [0.1, 0.15) is 27.5 Å². The van der Waals surface area contributed by atoms with Gasteiger partial charge in [0.15, 0.2) is 6.10 Å². The molecule has 3 aromatic rings. The Balaban J connectivity index is 1.89. The molecule has 2 aromatic carbocycles. The van der Waals surface area contributed by atoms with Crippen molar-refractivity contribution in [1.29, 1.82) is 0 Å². The minimum absolute atomic E-state index is 0.387. The van der Waals surface area contributed by atoms with Gasteiger partial charge in [0.2, 0.25) is 0 Å². The molecular weight excluding hydrogens is 383 g/mol. The van der Waals surface area contributed by atoms with Crippen LogP contribution in [0.2, 0.25) is 10.0 Å². The van der Waals surface area contributed by atoms with Gasteiger partial charge in [-0.3, -0.25) is 0 Å². The summed E-state index contributed by atoms with van der Waals surface area (Å²) in [5.41, 5.74) is 0.443. The number of nitrogens with zero attached hydrogens (tertiary/aromatic N) is 2. The van der Waals surface area contributed by atoms with E-state index in [2.05, 4.69) is 4.98 Å². The van der Waals surface area contributed by atoms with Gasteiger partial charge in [0.05, 0.1) is 11.9 Å². The maximum atomic E-state index is 12.5. The number of halogens is 3. The molecule has 2 atom stereocenters. The number of alkyl halides is 1. The van der Waals surface area contributed by atoms with Gasteiger partial charge >= 0.3 is 5.97 Å². The number of carbonyl (C=O) groups excluding carboxylic acids is 1. The van der Waals surface area contributed by atoms with Gasteiger partial charge in [-0.25, -0.2) is 9.78 Å². The molecule has 0 spiro atoms. The largest absolute Gasteiger partial charge is 0.450 e. The Morgan fingerprint density at radius 2 is 1.60 bits per heavy atom. The van der Waals surface area contributed by atoms with Crippen molar-refractivity contribution in [3.8, 4) is 0 Å². The first kappa shape index (κ1) is 17.8. The van der Waals surface area contributed by atoms with Crippen molar-refractivity contribution in [2.75, 3.05) is 0 Å². The SMILES string of the molecule is O=C(OC(c1ccc(Cl)cc1)C(Cl)n1ccnc1)c1ccc(Cl)cc1. The molecule has 4 nitrogen and oxygen atoms in total. The normalized spacial score (nSPS) is 13.2. The molecule has 2 unspecified atom stereocenters. The average Bonchev–Trinajstić information content (AvgIpc) is 3.15. The molecular formula is C18H13Cl3N2O2. The molecule has 0 aliphatic heterocycles. The summed E-state index contributed by atoms with van der Waals surface area (Å²) in [6.07, 6.45) is 4.15. The summed E-state index contributed by atoms with van der Waals surface area (Å²) in [6.45, 7) is 0. The third-order valence-corrected chi connectivity index (χ3v) is 4.53. The van der Waals surface area contributed by atoms with Crippen LogP contribution in [0, 0.1) is 0 Å². The summed E-state index contributed by atoms with van der Waals surface area (Å²) in [7, 11) is 0. The van der Waals surface area contributed by atoms with E-state index in [1.807, 2.05) is 0 Å². The summed E-state index contributed by atoms with van der Waals surface area (Å²) >= 11 is 18.3. The molecule has 1 heterocycles. The summed E-state index contributed by atoms with van der Waals surface area (Å²) in [6, 6.07) is 13.4. The van der Waals surface area contributed by atoms with Crippen LogP contribution >= 0.6 is 34.8 Å². The minimum atomic E-state index is -0.726. The fourth-order valence-electron chi connectivity index (χ4n) is 2.28. The zero-order valence-corrected chi connectivity index (χ0v) is 15.1. The van der Waals surface area contributed by atoms with E-state index < -0.39 is 17.6 Å². The van der Waals surface area contributed by atoms with Gasteiger partial charge in [-0.05, 0) is 42.0 Å². The zero-order chi connectivity index (χ0) is 17.8. The van der Waals surface area contributed by atoms with Crippen LogP contribution in [0.4, 0.5) is 0 Å². The summed E-state index contributed by atoms with van der Waals surface area (Å²) < 4.78 is 7.34. The molecule has 1 aromatic heterocycles. The lowest BCUT2D eigenvalue weighted by molar-refractivity contribution is 0.0238. The van der Waals surface area contributed by atoms with Crippen molar-refractivity contribution in [2.24, 2.45) is 0 Å². The quantitative estimate of drug-likeness (QED) is 0.422. The Morgan fingerprint density at radius 1 is 1.00 bits per heavy atom. The lowest BCUT2D eigenvalue weighted by Gasteiger charge is -2.24. The van der Waals surface area contributed by atoms with Gasteiger partial charge in [0.25, 0.3) is 0 Å². The van der Waals surface area contributed by atoms with Crippen LogP contribution in [-0.2, 0) is 4.74 Å². The molecule has 0 fully saturated rings. The van der Waals surface area contributed by atoms with Crippen molar-refractivity contribution in [1.82, 2.24) is 9.55 Å². The van der Waals surface area contributed by atoms with Crippen molar-refractivity contribution in [3.63, 3.8) is 0 Å². The predicted molar refractivity (Wildman–Crippen MR) is 98.2 cm³/mol. The first-order chi connectivity index (χ1) is 12.0. The number of hydrogen-bond donors (Lipinski definition) is 0. The molecule has 128 valence electrons. The summed E-state index contributed by atoms with van der Waals surface area (Å²) in [4.78, 5) is 16.5. The van der Waals surface area contributed by atoms with Gasteiger partial charge in [0, 0.05) is 22.4 Å². The maximum Gasteiger partial charge on any atom is 0.338 e. The van der Waals surface area contributed by atoms with Gasteiger partial charge < -0.3 is 9.30 Å². The van der Waals surface area contributed by atoms with E-state index in [9.17, 15) is 4.79 Å². The van der Waals surface area contributed by atoms with Crippen LogP contribution in [0.25, 0.3) is 0 Å². The van der Waals surface area contributed by atoms with Crippen molar-refractivity contribution >= 4 is 40.8 Å². The second-order valence-electron chi connectivity index (χ2n) is 5.27. The molecule has 25 heavy (non-hydrogen) atoms. The molecule has 0 amide bonds. The Labute approximate surface area is 159 Å². The van der Waals surface area contributed by atoms with Crippen molar-refractivity contribution in [3.05, 3.63) is 88.4 Å². The van der Waals surface area contributed by atoms with E-state index in [1.165, 1.54) is 0 Å². The molecule has 0 bridgehead atoms. The molecule has 0 aliphatic carbocycles. The molecule has 0 N–H and O–H groups in total. The standard InChI is InChI=1S/C18H13Cl3N2O2/c19-14-5-1-12(2-6-14)16(17(21)23-10-9-22-11-23)25-18(24)13-3-7-15(20)8-4-13/h1-11,16-17H. The number of imidazole rings is 1. The van der Waals surface area contributed by atoms with Crippen LogP contribution in [0.15, 0.2) is 67.3 Å². The Hall–Kier alpha value is -2.01. The van der Waals surface area contributed by atoms with Crippen LogP contribution in [0.3, 0.4) is 0 Å². The number of benzene rings is 2.